The van der Waals surface area contributed by atoms with Crippen LogP contribution >= 0.6 is 0 Å². The van der Waals surface area contributed by atoms with E-state index in [1.165, 1.54) is 30.0 Å². The van der Waals surface area contributed by atoms with E-state index in [0.29, 0.717) is 18.7 Å². The average Bonchev–Trinajstić information content (AvgIpc) is 2.54. The molecule has 0 bridgehead atoms. The van der Waals surface area contributed by atoms with Crippen LogP contribution in [0.4, 0.5) is 20.6 Å². The number of hydrogen-bond donors (Lipinski definition) is 3. The fourth-order valence-electron chi connectivity index (χ4n) is 2.84. The zero-order valence-electron chi connectivity index (χ0n) is 15.9. The van der Waals surface area contributed by atoms with Crippen LogP contribution in [0.2, 0.25) is 0 Å². The molecule has 1 fully saturated rings. The molecule has 3 N–H and O–H groups in total. The molecule has 2 atom stereocenters. The number of hydrogen-bond acceptors (Lipinski definition) is 7. The van der Waals surface area contributed by atoms with Crippen LogP contribution in [0.1, 0.15) is 34.1 Å². The van der Waals surface area contributed by atoms with Gasteiger partial charge in [0.15, 0.2) is 0 Å². The number of ether oxygens (including phenoxy) is 2. The lowest BCUT2D eigenvalue weighted by molar-refractivity contribution is -0.149. The molecule has 1 aliphatic heterocycles. The molecule has 0 spiro atoms. The first-order valence-corrected chi connectivity index (χ1v) is 8.70. The van der Waals surface area contributed by atoms with Crippen LogP contribution in [0.5, 0.6) is 0 Å². The molecule has 1 aromatic rings. The number of halogens is 1. The topological polar surface area (TPSA) is 100 Å². The van der Waals surface area contributed by atoms with Crippen LogP contribution in [0, 0.1) is 5.82 Å². The number of anilines is 2. The first-order valence-electron chi connectivity index (χ1n) is 8.70. The van der Waals surface area contributed by atoms with E-state index in [4.69, 9.17) is 9.47 Å². The fourth-order valence-corrected chi connectivity index (χ4v) is 2.84. The number of amides is 1. The number of nitrogens with zero attached hydrogens (tertiary/aromatic N) is 1. The first kappa shape index (κ1) is 20.8. The third-order valence-corrected chi connectivity index (χ3v) is 3.97. The molecule has 8 nitrogen and oxygen atoms in total. The van der Waals surface area contributed by atoms with E-state index in [2.05, 4.69) is 5.32 Å². The Morgan fingerprint density at radius 3 is 2.59 bits per heavy atom. The molecule has 0 radical (unpaired) electrons. The molecule has 2 rings (SSSR count). The Morgan fingerprint density at radius 2 is 2.00 bits per heavy atom. The molecule has 0 saturated carbocycles. The Morgan fingerprint density at radius 1 is 1.30 bits per heavy atom. The lowest BCUT2D eigenvalue weighted by atomic mass is 10.0. The summed E-state index contributed by atoms with van der Waals surface area (Å²) in [4.78, 5) is 25.3. The molecule has 9 heteroatoms. The lowest BCUT2D eigenvalue weighted by Gasteiger charge is -2.39. The van der Waals surface area contributed by atoms with Crippen molar-refractivity contribution in [3.05, 3.63) is 24.0 Å². The Kier molecular flexibility index (Phi) is 6.48. The van der Waals surface area contributed by atoms with Crippen molar-refractivity contribution in [2.45, 2.75) is 51.9 Å². The molecule has 1 unspecified atom stereocenters. The maximum absolute atomic E-state index is 13.6. The largest absolute Gasteiger partial charge is 0.458 e. The Balaban J connectivity index is 2.14. The summed E-state index contributed by atoms with van der Waals surface area (Å²) in [6, 6.07) is 3.44. The average molecular weight is 383 g/mol. The smallest absolute Gasteiger partial charge is 0.410 e. The van der Waals surface area contributed by atoms with Crippen LogP contribution in [-0.4, -0.2) is 53.0 Å². The second-order valence-corrected chi connectivity index (χ2v) is 7.42. The highest BCUT2D eigenvalue weighted by Gasteiger charge is 2.35. The van der Waals surface area contributed by atoms with Crippen molar-refractivity contribution in [3.8, 4) is 0 Å². The Labute approximate surface area is 157 Å². The van der Waals surface area contributed by atoms with Gasteiger partial charge in [-0.15, -0.1) is 0 Å². The van der Waals surface area contributed by atoms with Gasteiger partial charge in [0.25, 0.3) is 0 Å². The minimum absolute atomic E-state index is 0.142. The minimum Gasteiger partial charge on any atom is -0.458 e. The van der Waals surface area contributed by atoms with Crippen molar-refractivity contribution < 1.29 is 28.7 Å². The van der Waals surface area contributed by atoms with E-state index >= 15 is 0 Å². The molecule has 1 amide bonds. The quantitative estimate of drug-likeness (QED) is 0.543. The lowest BCUT2D eigenvalue weighted by Crippen LogP contribution is -2.54. The Bertz CT molecular complexity index is 692. The van der Waals surface area contributed by atoms with Crippen LogP contribution in [-0.2, 0) is 14.3 Å². The van der Waals surface area contributed by atoms with E-state index in [9.17, 15) is 19.2 Å². The van der Waals surface area contributed by atoms with Gasteiger partial charge in [-0.1, -0.05) is 0 Å². The number of carbonyl (C=O) groups excluding carboxylic acids is 2. The van der Waals surface area contributed by atoms with E-state index < -0.39 is 29.6 Å². The van der Waals surface area contributed by atoms with Crippen LogP contribution in [0.3, 0.4) is 0 Å². The van der Waals surface area contributed by atoms with Crippen molar-refractivity contribution in [1.82, 2.24) is 4.90 Å². The highest BCUT2D eigenvalue weighted by atomic mass is 19.1. The SMILES string of the molecule is CC(=O)O[C@H]1CN(C(=O)OC(C)(C)C)CCC1Nc1cc(F)ccc1NO. The summed E-state index contributed by atoms with van der Waals surface area (Å²) >= 11 is 0. The van der Waals surface area contributed by atoms with Crippen molar-refractivity contribution in [2.24, 2.45) is 0 Å². The van der Waals surface area contributed by atoms with Gasteiger partial charge in [0.2, 0.25) is 0 Å². The predicted octanol–water partition coefficient (Wildman–Crippen LogP) is 2.98. The molecule has 0 aromatic heterocycles. The number of rotatable bonds is 4. The number of carbonyl (C=O) groups is 2. The zero-order valence-corrected chi connectivity index (χ0v) is 15.9. The maximum atomic E-state index is 13.6. The molecule has 0 aliphatic carbocycles. The maximum Gasteiger partial charge on any atom is 0.410 e. The highest BCUT2D eigenvalue weighted by molar-refractivity contribution is 5.70. The van der Waals surface area contributed by atoms with Gasteiger partial charge in [0.05, 0.1) is 24.0 Å². The van der Waals surface area contributed by atoms with Crippen molar-refractivity contribution in [2.75, 3.05) is 23.9 Å². The van der Waals surface area contributed by atoms with E-state index in [1.54, 1.807) is 20.8 Å². The second kappa shape index (κ2) is 8.43. The van der Waals surface area contributed by atoms with Crippen LogP contribution < -0.4 is 10.8 Å². The summed E-state index contributed by atoms with van der Waals surface area (Å²) < 4.78 is 24.3. The molecule has 1 aromatic carbocycles. The van der Waals surface area contributed by atoms with E-state index in [1.807, 2.05) is 5.48 Å². The molecule has 150 valence electrons. The number of benzene rings is 1. The molecule has 27 heavy (non-hydrogen) atoms. The Hall–Kier alpha value is -2.55. The molecule has 1 aliphatic rings. The summed E-state index contributed by atoms with van der Waals surface area (Å²) in [5.41, 5.74) is 1.98. The van der Waals surface area contributed by atoms with Gasteiger partial charge < -0.3 is 19.7 Å². The summed E-state index contributed by atoms with van der Waals surface area (Å²) in [6.07, 6.45) is -0.696. The highest BCUT2D eigenvalue weighted by Crippen LogP contribution is 2.27. The van der Waals surface area contributed by atoms with Gasteiger partial charge in [-0.2, -0.15) is 0 Å². The van der Waals surface area contributed by atoms with E-state index in [-0.39, 0.29) is 18.3 Å². The second-order valence-electron chi connectivity index (χ2n) is 7.42. The van der Waals surface area contributed by atoms with Gasteiger partial charge in [-0.3, -0.25) is 15.5 Å². The van der Waals surface area contributed by atoms with Crippen molar-refractivity contribution >= 4 is 23.4 Å². The zero-order chi connectivity index (χ0) is 20.2. The predicted molar refractivity (Wildman–Crippen MR) is 97.2 cm³/mol. The monoisotopic (exact) mass is 383 g/mol. The number of nitrogens with one attached hydrogen (secondary N) is 2. The van der Waals surface area contributed by atoms with Gasteiger partial charge in [-0.25, -0.2) is 9.18 Å². The third kappa shape index (κ3) is 5.99. The third-order valence-electron chi connectivity index (χ3n) is 3.97. The van der Waals surface area contributed by atoms with Crippen LogP contribution in [0.15, 0.2) is 18.2 Å². The van der Waals surface area contributed by atoms with Gasteiger partial charge in [0.1, 0.15) is 17.5 Å². The molecule has 1 heterocycles. The summed E-state index contributed by atoms with van der Waals surface area (Å²) in [6.45, 7) is 7.12. The summed E-state index contributed by atoms with van der Waals surface area (Å²) in [5, 5.41) is 12.3. The number of piperidine rings is 1. The fraction of sp³-hybridized carbons (Fsp3) is 0.556. The standard InChI is InChI=1S/C18H26FN3O5/c1-11(23)26-16-10-22(17(24)27-18(2,3)4)8-7-14(16)20-15-9-12(19)5-6-13(15)21-25/h5-6,9,14,16,20-21,25H,7-8,10H2,1-4H3/t14?,16-/m0/s1. The number of esters is 1. The van der Waals surface area contributed by atoms with Crippen molar-refractivity contribution in [1.29, 1.82) is 0 Å². The molecular formula is C18H26FN3O5. The molecular weight excluding hydrogens is 357 g/mol. The van der Waals surface area contributed by atoms with Crippen LogP contribution in [0.25, 0.3) is 0 Å². The molecule has 1 saturated heterocycles. The van der Waals surface area contributed by atoms with Gasteiger partial charge in [0, 0.05) is 13.5 Å². The normalized spacial score (nSPS) is 20.0. The van der Waals surface area contributed by atoms with E-state index in [0.717, 1.165) is 0 Å². The first-order chi connectivity index (χ1) is 12.6. The van der Waals surface area contributed by atoms with Crippen molar-refractivity contribution in [3.63, 3.8) is 0 Å². The minimum atomic E-state index is -0.654. The number of likely N-dealkylation sites (tertiary alicyclic amines) is 1. The van der Waals surface area contributed by atoms with Gasteiger partial charge >= 0.3 is 12.1 Å². The summed E-state index contributed by atoms with van der Waals surface area (Å²) in [7, 11) is 0. The van der Waals surface area contributed by atoms with Gasteiger partial charge in [-0.05, 0) is 45.4 Å². The summed E-state index contributed by atoms with van der Waals surface area (Å²) in [5.74, 6) is -0.968.